The van der Waals surface area contributed by atoms with Crippen molar-refractivity contribution in [2.45, 2.75) is 67.9 Å². The predicted molar refractivity (Wildman–Crippen MR) is 141 cm³/mol. The molecule has 4 rings (SSSR count). The quantitative estimate of drug-likeness (QED) is 0.459. The van der Waals surface area contributed by atoms with E-state index in [1.807, 2.05) is 97.0 Å². The van der Waals surface area contributed by atoms with Crippen LogP contribution in [0.15, 0.2) is 65.9 Å². The van der Waals surface area contributed by atoms with Gasteiger partial charge in [-0.3, -0.25) is 4.79 Å². The zero-order valence-electron chi connectivity index (χ0n) is 21.8. The number of ether oxygens (including phenoxy) is 1. The van der Waals surface area contributed by atoms with Crippen molar-refractivity contribution < 1.29 is 13.9 Å². The van der Waals surface area contributed by atoms with Crippen molar-refractivity contribution in [2.75, 3.05) is 6.54 Å². The second-order valence-electron chi connectivity index (χ2n) is 8.16. The van der Waals surface area contributed by atoms with Gasteiger partial charge in [0.2, 0.25) is 0 Å². The molecule has 1 heterocycles. The SMILES string of the molecule is CC.CC.Cc1cc(OC(C)C)ccc1C(=O)N1CC2=C1C=CCC(c1cccc(C)c1F)=C2. The molecule has 2 aliphatic rings. The first kappa shape index (κ1) is 27.1. The minimum Gasteiger partial charge on any atom is -0.491 e. The van der Waals surface area contributed by atoms with Gasteiger partial charge in [-0.2, -0.15) is 0 Å². The minimum atomic E-state index is -0.173. The first-order chi connectivity index (χ1) is 16.3. The highest BCUT2D eigenvalue weighted by Gasteiger charge is 2.31. The summed E-state index contributed by atoms with van der Waals surface area (Å²) in [7, 11) is 0. The standard InChI is InChI=1S/C26H26FNO2.2C2H6/c1-16(2)30-21-11-12-22(18(4)13-21)26(29)28-15-20-14-19(8-6-10-24(20)28)23-9-5-7-17(3)25(23)27;2*1-2/h5-7,9-14,16H,8,15H2,1-4H3;2*1-2H3. The Morgan fingerprint density at radius 2 is 1.74 bits per heavy atom. The van der Waals surface area contributed by atoms with Crippen LogP contribution in [0.3, 0.4) is 0 Å². The van der Waals surface area contributed by atoms with E-state index in [0.29, 0.717) is 29.7 Å². The lowest BCUT2D eigenvalue weighted by atomic mass is 9.96. The van der Waals surface area contributed by atoms with Crippen LogP contribution >= 0.6 is 0 Å². The second-order valence-corrected chi connectivity index (χ2v) is 8.16. The highest BCUT2D eigenvalue weighted by atomic mass is 19.1. The molecule has 182 valence electrons. The zero-order chi connectivity index (χ0) is 25.4. The van der Waals surface area contributed by atoms with Crippen LogP contribution in [-0.2, 0) is 0 Å². The van der Waals surface area contributed by atoms with Gasteiger partial charge in [0.1, 0.15) is 11.6 Å². The molecule has 34 heavy (non-hydrogen) atoms. The van der Waals surface area contributed by atoms with Crippen LogP contribution in [0.1, 0.15) is 75.0 Å². The Morgan fingerprint density at radius 1 is 1.03 bits per heavy atom. The van der Waals surface area contributed by atoms with Gasteiger partial charge in [0.25, 0.3) is 5.91 Å². The average molecular weight is 464 g/mol. The highest BCUT2D eigenvalue weighted by molar-refractivity contribution is 5.98. The summed E-state index contributed by atoms with van der Waals surface area (Å²) >= 11 is 0. The number of halogens is 1. The largest absolute Gasteiger partial charge is 0.491 e. The van der Waals surface area contributed by atoms with Gasteiger partial charge in [-0.15, -0.1) is 0 Å². The van der Waals surface area contributed by atoms with E-state index in [2.05, 4.69) is 0 Å². The van der Waals surface area contributed by atoms with E-state index in [9.17, 15) is 9.18 Å². The molecule has 3 nitrogen and oxygen atoms in total. The van der Waals surface area contributed by atoms with Gasteiger partial charge in [0.05, 0.1) is 12.6 Å². The molecule has 0 spiro atoms. The first-order valence-corrected chi connectivity index (χ1v) is 12.3. The van der Waals surface area contributed by atoms with Crippen LogP contribution in [0, 0.1) is 19.7 Å². The third kappa shape index (κ3) is 5.85. The van der Waals surface area contributed by atoms with Crippen molar-refractivity contribution in [3.63, 3.8) is 0 Å². The molecule has 0 N–H and O–H groups in total. The van der Waals surface area contributed by atoms with E-state index in [1.54, 1.807) is 17.9 Å². The number of nitrogens with zero attached hydrogens (tertiary/aromatic N) is 1. The van der Waals surface area contributed by atoms with Gasteiger partial charge in [-0.25, -0.2) is 4.39 Å². The highest BCUT2D eigenvalue weighted by Crippen LogP contribution is 2.35. The number of benzene rings is 2. The van der Waals surface area contributed by atoms with Crippen molar-refractivity contribution >= 4 is 11.5 Å². The van der Waals surface area contributed by atoms with Crippen LogP contribution in [0.4, 0.5) is 4.39 Å². The zero-order valence-corrected chi connectivity index (χ0v) is 21.8. The van der Waals surface area contributed by atoms with Crippen molar-refractivity contribution in [3.05, 3.63) is 94.0 Å². The molecule has 4 heteroatoms. The number of hydrogen-bond donors (Lipinski definition) is 0. The molecular formula is C30H38FNO2. The lowest BCUT2D eigenvalue weighted by Crippen LogP contribution is -2.40. The van der Waals surface area contributed by atoms with Gasteiger partial charge < -0.3 is 9.64 Å². The summed E-state index contributed by atoms with van der Waals surface area (Å²) in [4.78, 5) is 14.9. The van der Waals surface area contributed by atoms with Gasteiger partial charge >= 0.3 is 0 Å². The maximum Gasteiger partial charge on any atom is 0.258 e. The van der Waals surface area contributed by atoms with E-state index in [0.717, 1.165) is 28.2 Å². The van der Waals surface area contributed by atoms with Crippen LogP contribution in [-0.4, -0.2) is 23.5 Å². The number of amides is 1. The smallest absolute Gasteiger partial charge is 0.258 e. The van der Waals surface area contributed by atoms with E-state index in [1.165, 1.54) is 0 Å². The number of carbonyl (C=O) groups excluding carboxylic acids is 1. The lowest BCUT2D eigenvalue weighted by molar-refractivity contribution is 0.0795. The number of aryl methyl sites for hydroxylation is 2. The third-order valence-corrected chi connectivity index (χ3v) is 5.49. The molecule has 0 bridgehead atoms. The Bertz CT molecular complexity index is 1110. The summed E-state index contributed by atoms with van der Waals surface area (Å²) in [6.07, 6.45) is 6.73. The number of hydrogen-bond acceptors (Lipinski definition) is 2. The monoisotopic (exact) mass is 463 g/mol. The molecule has 0 radical (unpaired) electrons. The fraction of sp³-hybridized carbons (Fsp3) is 0.367. The summed E-state index contributed by atoms with van der Waals surface area (Å²) < 4.78 is 20.3. The van der Waals surface area contributed by atoms with E-state index >= 15 is 0 Å². The average Bonchev–Trinajstić information content (AvgIpc) is 2.97. The third-order valence-electron chi connectivity index (χ3n) is 5.49. The summed E-state index contributed by atoms with van der Waals surface area (Å²) in [5.74, 6) is 0.572. The molecule has 1 aliphatic heterocycles. The topological polar surface area (TPSA) is 29.5 Å². The number of carbonyl (C=O) groups is 1. The fourth-order valence-electron chi connectivity index (χ4n) is 3.93. The molecule has 0 aromatic heterocycles. The predicted octanol–water partition coefficient (Wildman–Crippen LogP) is 8.04. The second kappa shape index (κ2) is 12.4. The Balaban J connectivity index is 0.000000970. The van der Waals surface area contributed by atoms with E-state index in [-0.39, 0.29) is 17.8 Å². The van der Waals surface area contributed by atoms with Crippen molar-refractivity contribution in [1.29, 1.82) is 0 Å². The maximum atomic E-state index is 14.6. The Hall–Kier alpha value is -3.14. The molecule has 1 aliphatic carbocycles. The molecule has 0 saturated heterocycles. The molecule has 0 unspecified atom stereocenters. The van der Waals surface area contributed by atoms with Gasteiger partial charge in [0, 0.05) is 16.8 Å². The van der Waals surface area contributed by atoms with Crippen molar-refractivity contribution in [2.24, 2.45) is 0 Å². The van der Waals surface area contributed by atoms with E-state index in [4.69, 9.17) is 4.74 Å². The Kier molecular flexibility index (Phi) is 9.85. The summed E-state index contributed by atoms with van der Waals surface area (Å²) in [5, 5.41) is 0. The summed E-state index contributed by atoms with van der Waals surface area (Å²) in [5.41, 5.74) is 5.73. The van der Waals surface area contributed by atoms with Gasteiger partial charge in [-0.1, -0.05) is 58.0 Å². The number of allylic oxidation sites excluding steroid dienone is 3. The van der Waals surface area contributed by atoms with Crippen LogP contribution < -0.4 is 4.74 Å². The maximum absolute atomic E-state index is 14.6. The van der Waals surface area contributed by atoms with Gasteiger partial charge in [-0.05, 0) is 80.7 Å². The molecule has 0 saturated carbocycles. The summed E-state index contributed by atoms with van der Waals surface area (Å²) in [6.45, 7) is 16.2. The molecular weight excluding hydrogens is 425 g/mol. The van der Waals surface area contributed by atoms with Gasteiger partial charge in [0.15, 0.2) is 0 Å². The first-order valence-electron chi connectivity index (χ1n) is 12.3. The number of rotatable bonds is 4. The van der Waals surface area contributed by atoms with Crippen LogP contribution in [0.2, 0.25) is 0 Å². The molecule has 2 aromatic carbocycles. The Morgan fingerprint density at radius 3 is 2.38 bits per heavy atom. The van der Waals surface area contributed by atoms with Crippen LogP contribution in [0.5, 0.6) is 5.75 Å². The normalized spacial score (nSPS) is 14.1. The van der Waals surface area contributed by atoms with E-state index < -0.39 is 0 Å². The molecule has 1 amide bonds. The van der Waals surface area contributed by atoms with Crippen LogP contribution in [0.25, 0.3) is 5.57 Å². The Labute approximate surface area is 204 Å². The molecule has 2 aromatic rings. The summed E-state index contributed by atoms with van der Waals surface area (Å²) in [6, 6.07) is 11.1. The van der Waals surface area contributed by atoms with Crippen molar-refractivity contribution in [3.8, 4) is 5.75 Å². The molecule has 0 atom stereocenters. The molecule has 0 fully saturated rings. The minimum absolute atomic E-state index is 0.0226. The lowest BCUT2D eigenvalue weighted by Gasteiger charge is -2.35. The van der Waals surface area contributed by atoms with Crippen molar-refractivity contribution in [1.82, 2.24) is 4.90 Å². The fourth-order valence-corrected chi connectivity index (χ4v) is 3.93.